The molecule has 1 rings (SSSR count). The first-order chi connectivity index (χ1) is 5.99. The molecule has 4 nitrogen and oxygen atoms in total. The van der Waals surface area contributed by atoms with Crippen LogP contribution in [0.3, 0.4) is 0 Å². The summed E-state index contributed by atoms with van der Waals surface area (Å²) in [6, 6.07) is -0.260. The van der Waals surface area contributed by atoms with Crippen LogP contribution in [0.15, 0.2) is 0 Å². The molecule has 1 unspecified atom stereocenters. The van der Waals surface area contributed by atoms with Gasteiger partial charge < -0.3 is 4.90 Å². The maximum atomic E-state index is 11.6. The standard InChI is InChI=1S/C8H14N2O2S/c1-4-8(13)6(11)9(3)7(12)10(8)5-2/h13H,4-5H2,1-3H3. The zero-order valence-electron chi connectivity index (χ0n) is 8.07. The third kappa shape index (κ3) is 1.22. The average Bonchev–Trinajstić information content (AvgIpc) is 2.29. The minimum atomic E-state index is -0.930. The van der Waals surface area contributed by atoms with Crippen molar-refractivity contribution in [1.82, 2.24) is 9.80 Å². The highest BCUT2D eigenvalue weighted by atomic mass is 32.1. The topological polar surface area (TPSA) is 40.6 Å². The quantitative estimate of drug-likeness (QED) is 0.534. The van der Waals surface area contributed by atoms with Crippen molar-refractivity contribution in [3.63, 3.8) is 0 Å². The Kier molecular flexibility index (Phi) is 2.56. The monoisotopic (exact) mass is 202 g/mol. The first-order valence-corrected chi connectivity index (χ1v) is 4.75. The van der Waals surface area contributed by atoms with Crippen LogP contribution in [0.25, 0.3) is 0 Å². The van der Waals surface area contributed by atoms with Crippen molar-refractivity contribution < 1.29 is 9.59 Å². The van der Waals surface area contributed by atoms with E-state index in [-0.39, 0.29) is 11.9 Å². The van der Waals surface area contributed by atoms with Crippen molar-refractivity contribution >= 4 is 24.6 Å². The lowest BCUT2D eigenvalue weighted by atomic mass is 10.2. The third-order valence-electron chi connectivity index (χ3n) is 2.42. The number of carbonyl (C=O) groups excluding carboxylic acids is 2. The molecule has 0 aromatic rings. The predicted molar refractivity (Wildman–Crippen MR) is 52.6 cm³/mol. The normalized spacial score (nSPS) is 28.9. The fourth-order valence-electron chi connectivity index (χ4n) is 1.55. The number of amides is 3. The lowest BCUT2D eigenvalue weighted by molar-refractivity contribution is -0.128. The second-order valence-corrected chi connectivity index (χ2v) is 3.80. The van der Waals surface area contributed by atoms with Crippen LogP contribution >= 0.6 is 12.6 Å². The summed E-state index contributed by atoms with van der Waals surface area (Å²) >= 11 is 4.28. The van der Waals surface area contributed by atoms with Gasteiger partial charge in [0.2, 0.25) is 0 Å². The zero-order valence-corrected chi connectivity index (χ0v) is 8.97. The summed E-state index contributed by atoms with van der Waals surface area (Å²) in [6.45, 7) is 4.19. The van der Waals surface area contributed by atoms with Crippen LogP contribution in [0.2, 0.25) is 0 Å². The summed E-state index contributed by atoms with van der Waals surface area (Å²) in [5, 5.41) is 0. The molecule has 0 saturated carbocycles. The SMILES string of the molecule is CCN1C(=O)N(C)C(=O)C1(S)CC. The molecule has 0 spiro atoms. The number of rotatable bonds is 2. The molecule has 0 bridgehead atoms. The summed E-state index contributed by atoms with van der Waals surface area (Å²) in [5.41, 5.74) is 0. The molecule has 1 atom stereocenters. The van der Waals surface area contributed by atoms with Gasteiger partial charge >= 0.3 is 6.03 Å². The van der Waals surface area contributed by atoms with Crippen molar-refractivity contribution in [3.05, 3.63) is 0 Å². The summed E-state index contributed by atoms with van der Waals surface area (Å²) in [6.07, 6.45) is 0.527. The smallest absolute Gasteiger partial charge is 0.301 e. The number of thiol groups is 1. The number of urea groups is 1. The van der Waals surface area contributed by atoms with Crippen LogP contribution in [0.4, 0.5) is 4.79 Å². The van der Waals surface area contributed by atoms with Crippen LogP contribution in [0.1, 0.15) is 20.3 Å². The minimum Gasteiger partial charge on any atom is -0.301 e. The van der Waals surface area contributed by atoms with Crippen LogP contribution in [0.5, 0.6) is 0 Å². The van der Waals surface area contributed by atoms with Crippen molar-refractivity contribution in [1.29, 1.82) is 0 Å². The summed E-state index contributed by atoms with van der Waals surface area (Å²) < 4.78 is 0. The van der Waals surface area contributed by atoms with E-state index in [4.69, 9.17) is 0 Å². The molecule has 5 heteroatoms. The van der Waals surface area contributed by atoms with E-state index in [9.17, 15) is 9.59 Å². The van der Waals surface area contributed by atoms with Crippen LogP contribution in [0, 0.1) is 0 Å². The summed E-state index contributed by atoms with van der Waals surface area (Å²) in [5.74, 6) is -0.231. The molecule has 74 valence electrons. The Hall–Kier alpha value is -0.710. The molecule has 0 aromatic heterocycles. The van der Waals surface area contributed by atoms with E-state index in [0.29, 0.717) is 13.0 Å². The van der Waals surface area contributed by atoms with Crippen LogP contribution in [-0.2, 0) is 4.79 Å². The third-order valence-corrected chi connectivity index (χ3v) is 3.17. The molecule has 13 heavy (non-hydrogen) atoms. The zero-order chi connectivity index (χ0) is 10.2. The highest BCUT2D eigenvalue weighted by molar-refractivity contribution is 7.82. The van der Waals surface area contributed by atoms with Gasteiger partial charge in [0.25, 0.3) is 5.91 Å². The average molecular weight is 202 g/mol. The first-order valence-electron chi connectivity index (χ1n) is 4.31. The maximum absolute atomic E-state index is 11.6. The fourth-order valence-corrected chi connectivity index (χ4v) is 1.93. The molecule has 1 aliphatic heterocycles. The van der Waals surface area contributed by atoms with Crippen molar-refractivity contribution in [2.75, 3.05) is 13.6 Å². The molecule has 1 saturated heterocycles. The molecule has 3 amide bonds. The maximum Gasteiger partial charge on any atom is 0.328 e. The Morgan fingerprint density at radius 2 is 1.92 bits per heavy atom. The lowest BCUT2D eigenvalue weighted by Gasteiger charge is -2.28. The van der Waals surface area contributed by atoms with E-state index in [0.717, 1.165) is 4.90 Å². The fraction of sp³-hybridized carbons (Fsp3) is 0.750. The van der Waals surface area contributed by atoms with Gasteiger partial charge in [-0.15, -0.1) is 12.6 Å². The van der Waals surface area contributed by atoms with E-state index in [1.165, 1.54) is 11.9 Å². The van der Waals surface area contributed by atoms with E-state index in [1.807, 2.05) is 13.8 Å². The highest BCUT2D eigenvalue weighted by Gasteiger charge is 2.51. The molecule has 0 N–H and O–H groups in total. The molecular formula is C8H14N2O2S. The van der Waals surface area contributed by atoms with Crippen LogP contribution < -0.4 is 0 Å². The van der Waals surface area contributed by atoms with Gasteiger partial charge in [0.05, 0.1) is 0 Å². The molecule has 0 aliphatic carbocycles. The Balaban J connectivity index is 3.08. The van der Waals surface area contributed by atoms with Gasteiger partial charge in [-0.3, -0.25) is 9.69 Å². The van der Waals surface area contributed by atoms with Gasteiger partial charge in [0.1, 0.15) is 0 Å². The van der Waals surface area contributed by atoms with E-state index >= 15 is 0 Å². The highest BCUT2D eigenvalue weighted by Crippen LogP contribution is 2.33. The molecular weight excluding hydrogens is 188 g/mol. The van der Waals surface area contributed by atoms with Crippen molar-refractivity contribution in [2.45, 2.75) is 25.1 Å². The summed E-state index contributed by atoms with van der Waals surface area (Å²) in [4.78, 5) is 24.8. The lowest BCUT2D eigenvalue weighted by Crippen LogP contribution is -2.44. The number of nitrogens with zero attached hydrogens (tertiary/aromatic N) is 2. The first kappa shape index (κ1) is 10.4. The minimum absolute atomic E-state index is 0.231. The largest absolute Gasteiger partial charge is 0.328 e. The Labute approximate surface area is 83.3 Å². The Bertz CT molecular complexity index is 257. The van der Waals surface area contributed by atoms with Gasteiger partial charge in [-0.1, -0.05) is 6.92 Å². The van der Waals surface area contributed by atoms with Gasteiger partial charge in [-0.05, 0) is 13.3 Å². The van der Waals surface area contributed by atoms with Gasteiger partial charge in [0.15, 0.2) is 4.87 Å². The molecule has 1 heterocycles. The number of imide groups is 1. The Morgan fingerprint density at radius 3 is 2.23 bits per heavy atom. The predicted octanol–water partition coefficient (Wildman–Crippen LogP) is 0.936. The number of carbonyl (C=O) groups is 2. The van der Waals surface area contributed by atoms with Gasteiger partial charge in [0, 0.05) is 13.6 Å². The van der Waals surface area contributed by atoms with E-state index < -0.39 is 4.87 Å². The van der Waals surface area contributed by atoms with E-state index in [2.05, 4.69) is 12.6 Å². The van der Waals surface area contributed by atoms with Gasteiger partial charge in [-0.25, -0.2) is 4.79 Å². The molecule has 1 aliphatic rings. The van der Waals surface area contributed by atoms with Crippen molar-refractivity contribution in [3.8, 4) is 0 Å². The van der Waals surface area contributed by atoms with Crippen LogP contribution in [-0.4, -0.2) is 40.2 Å². The second-order valence-electron chi connectivity index (χ2n) is 3.06. The second kappa shape index (κ2) is 3.21. The number of likely N-dealkylation sites (N-methyl/N-ethyl adjacent to an activating group) is 2. The molecule has 0 radical (unpaired) electrons. The number of hydrogen-bond donors (Lipinski definition) is 1. The molecule has 0 aromatic carbocycles. The summed E-state index contributed by atoms with van der Waals surface area (Å²) in [7, 11) is 1.49. The number of hydrogen-bond acceptors (Lipinski definition) is 3. The van der Waals surface area contributed by atoms with E-state index in [1.54, 1.807) is 0 Å². The van der Waals surface area contributed by atoms with Gasteiger partial charge in [-0.2, -0.15) is 0 Å². The molecule has 1 fully saturated rings. The van der Waals surface area contributed by atoms with Crippen molar-refractivity contribution in [2.24, 2.45) is 0 Å². The Morgan fingerprint density at radius 1 is 1.38 bits per heavy atom.